The number of para-hydroxylation sites is 1. The van der Waals surface area contributed by atoms with E-state index in [2.05, 4.69) is 30.9 Å². The van der Waals surface area contributed by atoms with Gasteiger partial charge in [0.05, 0.1) is 10.5 Å². The molecule has 0 bridgehead atoms. The second-order valence-corrected chi connectivity index (χ2v) is 4.87. The number of nitro benzene ring substituents is 1. The van der Waals surface area contributed by atoms with Crippen molar-refractivity contribution in [1.29, 1.82) is 0 Å². The quantitative estimate of drug-likeness (QED) is 0.548. The molecule has 3 aromatic rings. The van der Waals surface area contributed by atoms with Crippen LogP contribution in [0.3, 0.4) is 0 Å². The first-order valence-electron chi connectivity index (χ1n) is 5.89. The molecule has 2 N–H and O–H groups in total. The third-order valence-electron chi connectivity index (χ3n) is 2.64. The highest BCUT2D eigenvalue weighted by atomic mass is 32.1. The Morgan fingerprint density at radius 3 is 2.91 bits per heavy atom. The largest absolute Gasteiger partial charge is 0.303 e. The lowest BCUT2D eigenvalue weighted by molar-refractivity contribution is -0.384. The zero-order chi connectivity index (χ0) is 15.5. The van der Waals surface area contributed by atoms with Crippen molar-refractivity contribution in [3.63, 3.8) is 0 Å². The van der Waals surface area contributed by atoms with Gasteiger partial charge in [0.1, 0.15) is 10.8 Å². The average molecular weight is 317 g/mol. The molecule has 0 saturated carbocycles. The van der Waals surface area contributed by atoms with Crippen LogP contribution in [0, 0.1) is 10.1 Å². The summed E-state index contributed by atoms with van der Waals surface area (Å²) >= 11 is 1.18. The summed E-state index contributed by atoms with van der Waals surface area (Å²) in [5.74, 6) is -0.343. The lowest BCUT2D eigenvalue weighted by Crippen LogP contribution is -2.14. The Bertz CT molecular complexity index is 830. The molecule has 0 radical (unpaired) electrons. The average Bonchev–Trinajstić information content (AvgIpc) is 3.18. The van der Waals surface area contributed by atoms with Crippen LogP contribution in [0.2, 0.25) is 0 Å². The van der Waals surface area contributed by atoms with E-state index in [9.17, 15) is 14.9 Å². The molecule has 2 aromatic heterocycles. The molecule has 0 unspecified atom stereocenters. The summed E-state index contributed by atoms with van der Waals surface area (Å²) in [6.07, 6.45) is 0. The Labute approximate surface area is 126 Å². The highest BCUT2D eigenvalue weighted by Crippen LogP contribution is 2.32. The number of thiazole rings is 1. The first-order valence-corrected chi connectivity index (χ1v) is 6.77. The van der Waals surface area contributed by atoms with Crippen molar-refractivity contribution in [3.8, 4) is 10.6 Å². The number of aromatic amines is 1. The van der Waals surface area contributed by atoms with Gasteiger partial charge >= 0.3 is 0 Å². The van der Waals surface area contributed by atoms with Crippen molar-refractivity contribution in [1.82, 2.24) is 25.6 Å². The molecule has 0 spiro atoms. The third-order valence-corrected chi connectivity index (χ3v) is 3.51. The minimum atomic E-state index is -0.551. The normalized spacial score (nSPS) is 10.4. The van der Waals surface area contributed by atoms with Gasteiger partial charge in [0.25, 0.3) is 11.6 Å². The Hall–Kier alpha value is -3.21. The van der Waals surface area contributed by atoms with E-state index in [-0.39, 0.29) is 17.3 Å². The first-order chi connectivity index (χ1) is 10.6. The summed E-state index contributed by atoms with van der Waals surface area (Å²) in [5.41, 5.74) is 0.341. The summed E-state index contributed by atoms with van der Waals surface area (Å²) in [7, 11) is 0. The van der Waals surface area contributed by atoms with E-state index in [1.165, 1.54) is 17.4 Å². The molecule has 110 valence electrons. The molecule has 11 heteroatoms. The molecule has 0 atom stereocenters. The fraction of sp³-hybridized carbons (Fsp3) is 0. The summed E-state index contributed by atoms with van der Waals surface area (Å²) in [6, 6.07) is 6.26. The van der Waals surface area contributed by atoms with Gasteiger partial charge in [0, 0.05) is 11.4 Å². The number of aromatic nitrogens is 5. The number of nitrogens with one attached hydrogen (secondary N) is 2. The molecule has 0 aliphatic carbocycles. The minimum Gasteiger partial charge on any atom is -0.303 e. The fourth-order valence-corrected chi connectivity index (χ4v) is 2.48. The van der Waals surface area contributed by atoms with Gasteiger partial charge in [-0.25, -0.2) is 10.1 Å². The molecule has 0 aliphatic rings. The maximum atomic E-state index is 11.8. The molecule has 0 fully saturated rings. The molecular weight excluding hydrogens is 310 g/mol. The van der Waals surface area contributed by atoms with E-state index in [4.69, 9.17) is 0 Å². The second kappa shape index (κ2) is 5.65. The van der Waals surface area contributed by atoms with Crippen LogP contribution in [0.4, 0.5) is 11.5 Å². The van der Waals surface area contributed by atoms with Crippen LogP contribution in [0.5, 0.6) is 0 Å². The standard InChI is InChI=1S/C11H7N7O3S/c19-10(9-14-16-17-15-9)12-8-5-22-11(13-8)6-3-1-2-4-7(6)18(20)21/h1-5H,(H,12,19)(H,14,15,16,17). The molecular formula is C11H7N7O3S. The van der Waals surface area contributed by atoms with Gasteiger partial charge in [0.15, 0.2) is 0 Å². The summed E-state index contributed by atoms with van der Waals surface area (Å²) < 4.78 is 0. The maximum Gasteiger partial charge on any atom is 0.296 e. The number of tetrazole rings is 1. The van der Waals surface area contributed by atoms with Crippen LogP contribution in [0.15, 0.2) is 29.6 Å². The first kappa shape index (κ1) is 13.8. The lowest BCUT2D eigenvalue weighted by atomic mass is 10.2. The van der Waals surface area contributed by atoms with Crippen LogP contribution in [-0.4, -0.2) is 36.4 Å². The Kier molecular flexibility index (Phi) is 3.53. The summed E-state index contributed by atoms with van der Waals surface area (Å²) in [6.45, 7) is 0. The van der Waals surface area contributed by atoms with Gasteiger partial charge in [0.2, 0.25) is 5.82 Å². The SMILES string of the molecule is O=C(Nc1csc(-c2ccccc2[N+](=O)[O-])n1)c1nnn[nH]1. The molecule has 2 heterocycles. The fourth-order valence-electron chi connectivity index (χ4n) is 1.70. The van der Waals surface area contributed by atoms with Crippen molar-refractivity contribution in [2.45, 2.75) is 0 Å². The van der Waals surface area contributed by atoms with E-state index < -0.39 is 10.8 Å². The molecule has 3 rings (SSSR count). The number of amides is 1. The molecule has 0 saturated heterocycles. The van der Waals surface area contributed by atoms with Gasteiger partial charge in [-0.15, -0.1) is 16.4 Å². The van der Waals surface area contributed by atoms with E-state index in [0.29, 0.717) is 10.6 Å². The van der Waals surface area contributed by atoms with E-state index >= 15 is 0 Å². The number of H-pyrrole nitrogens is 1. The highest BCUT2D eigenvalue weighted by Gasteiger charge is 2.18. The van der Waals surface area contributed by atoms with Crippen molar-refractivity contribution in [3.05, 3.63) is 45.6 Å². The number of nitro groups is 1. The van der Waals surface area contributed by atoms with Crippen molar-refractivity contribution in [2.24, 2.45) is 0 Å². The molecule has 22 heavy (non-hydrogen) atoms. The molecule has 1 amide bonds. The van der Waals surface area contributed by atoms with Crippen LogP contribution in [0.25, 0.3) is 10.6 Å². The van der Waals surface area contributed by atoms with Crippen molar-refractivity contribution in [2.75, 3.05) is 5.32 Å². The summed E-state index contributed by atoms with van der Waals surface area (Å²) in [4.78, 5) is 26.5. The topological polar surface area (TPSA) is 140 Å². The number of benzene rings is 1. The van der Waals surface area contributed by atoms with Crippen LogP contribution in [0.1, 0.15) is 10.6 Å². The third kappa shape index (κ3) is 2.64. The zero-order valence-electron chi connectivity index (χ0n) is 10.8. The highest BCUT2D eigenvalue weighted by molar-refractivity contribution is 7.13. The van der Waals surface area contributed by atoms with Gasteiger partial charge in [-0.05, 0) is 16.5 Å². The second-order valence-electron chi connectivity index (χ2n) is 4.02. The number of carbonyl (C=O) groups is 1. The van der Waals surface area contributed by atoms with Crippen molar-refractivity contribution < 1.29 is 9.72 Å². The Balaban J connectivity index is 1.86. The van der Waals surface area contributed by atoms with Crippen LogP contribution in [-0.2, 0) is 0 Å². The van der Waals surface area contributed by atoms with Crippen LogP contribution >= 0.6 is 11.3 Å². The number of anilines is 1. The van der Waals surface area contributed by atoms with Crippen molar-refractivity contribution >= 4 is 28.7 Å². The molecule has 1 aromatic carbocycles. The van der Waals surface area contributed by atoms with Crippen LogP contribution < -0.4 is 5.32 Å². The zero-order valence-corrected chi connectivity index (χ0v) is 11.6. The van der Waals surface area contributed by atoms with Gasteiger partial charge in [-0.3, -0.25) is 14.9 Å². The maximum absolute atomic E-state index is 11.8. The van der Waals surface area contributed by atoms with Gasteiger partial charge in [-0.1, -0.05) is 12.1 Å². The summed E-state index contributed by atoms with van der Waals surface area (Å²) in [5, 5.41) is 27.9. The number of hydrogen-bond acceptors (Lipinski definition) is 8. The Morgan fingerprint density at radius 1 is 1.36 bits per heavy atom. The predicted octanol–water partition coefficient (Wildman–Crippen LogP) is 1.48. The van der Waals surface area contributed by atoms with Gasteiger partial charge in [-0.2, -0.15) is 0 Å². The monoisotopic (exact) mass is 317 g/mol. The molecule has 0 aliphatic heterocycles. The number of hydrogen-bond donors (Lipinski definition) is 2. The number of rotatable bonds is 4. The number of carbonyl (C=O) groups excluding carboxylic acids is 1. The number of nitrogens with zero attached hydrogens (tertiary/aromatic N) is 5. The smallest absolute Gasteiger partial charge is 0.296 e. The van der Waals surface area contributed by atoms with Gasteiger partial charge < -0.3 is 5.32 Å². The van der Waals surface area contributed by atoms with E-state index in [1.807, 2.05) is 0 Å². The predicted molar refractivity (Wildman–Crippen MR) is 76.3 cm³/mol. The van der Waals surface area contributed by atoms with E-state index in [0.717, 1.165) is 0 Å². The lowest BCUT2D eigenvalue weighted by Gasteiger charge is -1.99. The molecule has 10 nitrogen and oxygen atoms in total. The van der Waals surface area contributed by atoms with E-state index in [1.54, 1.807) is 23.6 Å². The Morgan fingerprint density at radius 2 is 2.18 bits per heavy atom. The minimum absolute atomic E-state index is 0.0471.